The van der Waals surface area contributed by atoms with Crippen molar-refractivity contribution in [1.82, 2.24) is 10.6 Å². The van der Waals surface area contributed by atoms with Crippen molar-refractivity contribution in [3.05, 3.63) is 0 Å². The van der Waals surface area contributed by atoms with Crippen LogP contribution in [0.25, 0.3) is 0 Å². The number of hydrogen-bond acceptors (Lipinski definition) is 3. The SMILES string of the molecule is CCCCCCCCNC(=O)N[C@H](C(=O)OC)[C@H](C)CC. The Morgan fingerprint density at radius 1 is 1.05 bits per heavy atom. The summed E-state index contributed by atoms with van der Waals surface area (Å²) in [6.45, 7) is 6.75. The summed E-state index contributed by atoms with van der Waals surface area (Å²) in [6, 6.07) is -0.871. The van der Waals surface area contributed by atoms with Crippen molar-refractivity contribution in [2.45, 2.75) is 71.8 Å². The lowest BCUT2D eigenvalue weighted by Gasteiger charge is -2.22. The van der Waals surface area contributed by atoms with Gasteiger partial charge >= 0.3 is 12.0 Å². The monoisotopic (exact) mass is 300 g/mol. The molecular formula is C16H32N2O3. The lowest BCUT2D eigenvalue weighted by atomic mass is 9.99. The molecule has 0 aromatic carbocycles. The summed E-state index contributed by atoms with van der Waals surface area (Å²) in [5.41, 5.74) is 0. The first-order chi connectivity index (χ1) is 10.1. The molecule has 0 aromatic heterocycles. The van der Waals surface area contributed by atoms with Gasteiger partial charge in [-0.3, -0.25) is 0 Å². The molecule has 2 atom stereocenters. The van der Waals surface area contributed by atoms with Crippen molar-refractivity contribution in [1.29, 1.82) is 0 Å². The predicted octanol–water partition coefficient (Wildman–Crippen LogP) is 3.23. The quantitative estimate of drug-likeness (QED) is 0.455. The van der Waals surface area contributed by atoms with Crippen molar-refractivity contribution in [2.24, 2.45) is 5.92 Å². The van der Waals surface area contributed by atoms with E-state index in [2.05, 4.69) is 17.6 Å². The second-order valence-electron chi connectivity index (χ2n) is 5.55. The van der Waals surface area contributed by atoms with Crippen LogP contribution in [0.4, 0.5) is 4.79 Å². The Kier molecular flexibility index (Phi) is 11.7. The van der Waals surface area contributed by atoms with Gasteiger partial charge in [0, 0.05) is 6.54 Å². The molecule has 0 aromatic rings. The Hall–Kier alpha value is -1.26. The standard InChI is InChI=1S/C16H32N2O3/c1-5-7-8-9-10-11-12-17-16(20)18-14(13(3)6-2)15(19)21-4/h13-14H,5-12H2,1-4H3,(H2,17,18,20)/t13-,14+/m1/s1. The van der Waals surface area contributed by atoms with Gasteiger partial charge < -0.3 is 15.4 Å². The van der Waals surface area contributed by atoms with Crippen LogP contribution in [0, 0.1) is 5.92 Å². The fourth-order valence-corrected chi connectivity index (χ4v) is 2.10. The maximum absolute atomic E-state index is 11.8. The normalized spacial score (nSPS) is 13.3. The summed E-state index contributed by atoms with van der Waals surface area (Å²) in [5, 5.41) is 5.51. The highest BCUT2D eigenvalue weighted by atomic mass is 16.5. The highest BCUT2D eigenvalue weighted by Gasteiger charge is 2.26. The molecule has 0 aliphatic rings. The molecule has 5 heteroatoms. The van der Waals surface area contributed by atoms with E-state index in [1.54, 1.807) is 0 Å². The number of amides is 2. The largest absolute Gasteiger partial charge is 0.467 e. The van der Waals surface area contributed by atoms with E-state index in [0.29, 0.717) is 6.54 Å². The first-order valence-electron chi connectivity index (χ1n) is 8.18. The van der Waals surface area contributed by atoms with Crippen LogP contribution in [0.3, 0.4) is 0 Å². The Labute approximate surface area is 129 Å². The minimum Gasteiger partial charge on any atom is -0.467 e. The molecule has 0 bridgehead atoms. The van der Waals surface area contributed by atoms with E-state index in [4.69, 9.17) is 4.74 Å². The smallest absolute Gasteiger partial charge is 0.328 e. The molecule has 0 fully saturated rings. The van der Waals surface area contributed by atoms with Gasteiger partial charge in [0.2, 0.25) is 0 Å². The van der Waals surface area contributed by atoms with Crippen LogP contribution in [0.1, 0.15) is 65.7 Å². The minimum atomic E-state index is -0.579. The third-order valence-corrected chi connectivity index (χ3v) is 3.77. The van der Waals surface area contributed by atoms with E-state index in [1.807, 2.05) is 13.8 Å². The van der Waals surface area contributed by atoms with E-state index < -0.39 is 6.04 Å². The zero-order valence-electron chi connectivity index (χ0n) is 14.0. The number of unbranched alkanes of at least 4 members (excludes halogenated alkanes) is 5. The molecule has 2 amide bonds. The number of carbonyl (C=O) groups excluding carboxylic acids is 2. The molecule has 0 radical (unpaired) electrons. The summed E-state index contributed by atoms with van der Waals surface area (Å²) in [5.74, 6) is -0.337. The average Bonchev–Trinajstić information content (AvgIpc) is 2.50. The summed E-state index contributed by atoms with van der Waals surface area (Å²) < 4.78 is 4.74. The zero-order chi connectivity index (χ0) is 16.1. The Morgan fingerprint density at radius 3 is 2.24 bits per heavy atom. The maximum atomic E-state index is 11.8. The Balaban J connectivity index is 3.91. The van der Waals surface area contributed by atoms with Gasteiger partial charge in [-0.1, -0.05) is 59.3 Å². The van der Waals surface area contributed by atoms with Crippen LogP contribution in [-0.2, 0) is 9.53 Å². The van der Waals surface area contributed by atoms with Gasteiger partial charge in [-0.2, -0.15) is 0 Å². The zero-order valence-corrected chi connectivity index (χ0v) is 14.0. The van der Waals surface area contributed by atoms with Gasteiger partial charge in [0.05, 0.1) is 7.11 Å². The summed E-state index contributed by atoms with van der Waals surface area (Å²) >= 11 is 0. The first kappa shape index (κ1) is 19.7. The number of rotatable bonds is 11. The molecule has 0 saturated heterocycles. The van der Waals surface area contributed by atoms with Crippen molar-refractivity contribution in [3.8, 4) is 0 Å². The highest BCUT2D eigenvalue weighted by molar-refractivity contribution is 5.83. The average molecular weight is 300 g/mol. The lowest BCUT2D eigenvalue weighted by Crippen LogP contribution is -2.49. The van der Waals surface area contributed by atoms with Crippen LogP contribution in [0.5, 0.6) is 0 Å². The fourth-order valence-electron chi connectivity index (χ4n) is 2.10. The third kappa shape index (κ3) is 9.32. The van der Waals surface area contributed by atoms with Crippen molar-refractivity contribution in [3.63, 3.8) is 0 Å². The van der Waals surface area contributed by atoms with Crippen LogP contribution in [0.15, 0.2) is 0 Å². The Bertz CT molecular complexity index is 295. The molecule has 0 aliphatic carbocycles. The first-order valence-corrected chi connectivity index (χ1v) is 8.18. The van der Waals surface area contributed by atoms with Crippen LogP contribution < -0.4 is 10.6 Å². The van der Waals surface area contributed by atoms with Gasteiger partial charge in [-0.05, 0) is 12.3 Å². The topological polar surface area (TPSA) is 67.4 Å². The van der Waals surface area contributed by atoms with Crippen LogP contribution in [-0.4, -0.2) is 31.7 Å². The van der Waals surface area contributed by atoms with Gasteiger partial charge in [0.15, 0.2) is 0 Å². The number of nitrogens with one attached hydrogen (secondary N) is 2. The molecule has 124 valence electrons. The third-order valence-electron chi connectivity index (χ3n) is 3.77. The number of esters is 1. The number of ether oxygens (including phenoxy) is 1. The fraction of sp³-hybridized carbons (Fsp3) is 0.875. The van der Waals surface area contributed by atoms with Crippen molar-refractivity contribution in [2.75, 3.05) is 13.7 Å². The van der Waals surface area contributed by atoms with Gasteiger partial charge in [-0.15, -0.1) is 0 Å². The van der Waals surface area contributed by atoms with Crippen molar-refractivity contribution >= 4 is 12.0 Å². The minimum absolute atomic E-state index is 0.0530. The molecular weight excluding hydrogens is 268 g/mol. The molecule has 0 aliphatic heterocycles. The molecule has 0 heterocycles. The highest BCUT2D eigenvalue weighted by Crippen LogP contribution is 2.09. The molecule has 5 nitrogen and oxygen atoms in total. The van der Waals surface area contributed by atoms with E-state index in [-0.39, 0.29) is 17.9 Å². The van der Waals surface area contributed by atoms with E-state index in [1.165, 1.54) is 32.8 Å². The number of carbonyl (C=O) groups is 2. The maximum Gasteiger partial charge on any atom is 0.328 e. The van der Waals surface area contributed by atoms with E-state index in [0.717, 1.165) is 19.3 Å². The van der Waals surface area contributed by atoms with Gasteiger partial charge in [0.25, 0.3) is 0 Å². The summed E-state index contributed by atoms with van der Waals surface area (Å²) in [7, 11) is 1.34. The molecule has 0 unspecified atom stereocenters. The lowest BCUT2D eigenvalue weighted by molar-refractivity contribution is -0.144. The molecule has 21 heavy (non-hydrogen) atoms. The van der Waals surface area contributed by atoms with Crippen LogP contribution in [0.2, 0.25) is 0 Å². The second kappa shape index (κ2) is 12.5. The summed E-state index contributed by atoms with van der Waals surface area (Å²) in [4.78, 5) is 23.5. The van der Waals surface area contributed by atoms with Gasteiger partial charge in [-0.25, -0.2) is 9.59 Å². The predicted molar refractivity (Wildman–Crippen MR) is 85.2 cm³/mol. The van der Waals surface area contributed by atoms with Crippen molar-refractivity contribution < 1.29 is 14.3 Å². The number of methoxy groups -OCH3 is 1. The number of hydrogen-bond donors (Lipinski definition) is 2. The number of urea groups is 1. The molecule has 2 N–H and O–H groups in total. The van der Waals surface area contributed by atoms with E-state index >= 15 is 0 Å². The molecule has 0 saturated carbocycles. The molecule has 0 rings (SSSR count). The van der Waals surface area contributed by atoms with E-state index in [9.17, 15) is 9.59 Å². The molecule has 0 spiro atoms. The second-order valence-corrected chi connectivity index (χ2v) is 5.55. The van der Waals surface area contributed by atoms with Gasteiger partial charge in [0.1, 0.15) is 6.04 Å². The Morgan fingerprint density at radius 2 is 1.67 bits per heavy atom. The van der Waals surface area contributed by atoms with Crippen LogP contribution >= 0.6 is 0 Å². The summed E-state index contributed by atoms with van der Waals surface area (Å²) in [6.07, 6.45) is 7.91.